The van der Waals surface area contributed by atoms with Crippen LogP contribution >= 0.6 is 0 Å². The third-order valence-electron chi connectivity index (χ3n) is 5.16. The van der Waals surface area contributed by atoms with Gasteiger partial charge in [0, 0.05) is 18.4 Å². The van der Waals surface area contributed by atoms with Crippen LogP contribution in [0.1, 0.15) is 63.0 Å². The molecule has 10 N–H and O–H groups in total. The molecule has 0 aliphatic carbocycles. The number of carboxylic acids is 2. The SMILES string of the molecule is CN1CCCC1c1cccnc1.NCCCC[C@H](N)C(=O)O.NCCCC[C@H](N)C(=O)O. The number of hydrogen-bond donors (Lipinski definition) is 6. The average molecular weight is 455 g/mol. The highest BCUT2D eigenvalue weighted by Gasteiger charge is 2.22. The van der Waals surface area contributed by atoms with Crippen molar-refractivity contribution in [2.75, 3.05) is 26.7 Å². The van der Waals surface area contributed by atoms with Gasteiger partial charge in [0.15, 0.2) is 0 Å². The summed E-state index contributed by atoms with van der Waals surface area (Å²) in [6.07, 6.45) is 10.7. The summed E-state index contributed by atoms with van der Waals surface area (Å²) in [5.41, 5.74) is 22.2. The number of hydrogen-bond acceptors (Lipinski definition) is 8. The Kier molecular flexibility index (Phi) is 17.2. The lowest BCUT2D eigenvalue weighted by molar-refractivity contribution is -0.139. The molecule has 10 nitrogen and oxygen atoms in total. The molecule has 1 aliphatic heterocycles. The highest BCUT2D eigenvalue weighted by Crippen LogP contribution is 2.29. The zero-order valence-electron chi connectivity index (χ0n) is 19.2. The van der Waals surface area contributed by atoms with E-state index in [1.165, 1.54) is 24.9 Å². The predicted molar refractivity (Wildman–Crippen MR) is 126 cm³/mol. The van der Waals surface area contributed by atoms with Crippen LogP contribution in [-0.4, -0.2) is 70.8 Å². The third-order valence-corrected chi connectivity index (χ3v) is 5.16. The molecule has 1 aromatic heterocycles. The summed E-state index contributed by atoms with van der Waals surface area (Å²) in [7, 11) is 2.19. The number of carbonyl (C=O) groups is 2. The van der Waals surface area contributed by atoms with Crippen LogP contribution in [0.25, 0.3) is 0 Å². The first kappa shape index (κ1) is 29.9. The Labute approximate surface area is 191 Å². The van der Waals surface area contributed by atoms with E-state index in [2.05, 4.69) is 23.0 Å². The number of nitrogens with zero attached hydrogens (tertiary/aromatic N) is 2. The van der Waals surface area contributed by atoms with Crippen molar-refractivity contribution < 1.29 is 19.8 Å². The van der Waals surface area contributed by atoms with Crippen LogP contribution in [0.2, 0.25) is 0 Å². The molecule has 0 aromatic carbocycles. The van der Waals surface area contributed by atoms with Crippen molar-refractivity contribution in [2.45, 2.75) is 69.5 Å². The Morgan fingerprint density at radius 3 is 1.94 bits per heavy atom. The number of aliphatic carboxylic acids is 2. The zero-order chi connectivity index (χ0) is 24.4. The van der Waals surface area contributed by atoms with Gasteiger partial charge in [0.1, 0.15) is 12.1 Å². The summed E-state index contributed by atoms with van der Waals surface area (Å²) in [5.74, 6) is -1.87. The fraction of sp³-hybridized carbons (Fsp3) is 0.682. The van der Waals surface area contributed by atoms with E-state index in [0.29, 0.717) is 32.0 Å². The van der Waals surface area contributed by atoms with Gasteiger partial charge >= 0.3 is 11.9 Å². The summed E-state index contributed by atoms with van der Waals surface area (Å²) in [4.78, 5) is 26.8. The molecule has 0 amide bonds. The highest BCUT2D eigenvalue weighted by molar-refractivity contribution is 5.73. The van der Waals surface area contributed by atoms with Crippen molar-refractivity contribution in [3.63, 3.8) is 0 Å². The Morgan fingerprint density at radius 1 is 1.06 bits per heavy atom. The minimum Gasteiger partial charge on any atom is -0.480 e. The number of aromatic nitrogens is 1. The van der Waals surface area contributed by atoms with E-state index in [1.807, 2.05) is 18.5 Å². The molecule has 2 rings (SSSR count). The molecule has 0 spiro atoms. The van der Waals surface area contributed by atoms with E-state index < -0.39 is 24.0 Å². The molecular formula is C22H42N6O4. The Bertz CT molecular complexity index is 594. The molecule has 184 valence electrons. The fourth-order valence-corrected chi connectivity index (χ4v) is 3.17. The molecule has 1 aromatic rings. The zero-order valence-corrected chi connectivity index (χ0v) is 19.2. The second-order valence-corrected chi connectivity index (χ2v) is 7.88. The van der Waals surface area contributed by atoms with Crippen molar-refractivity contribution in [1.82, 2.24) is 9.88 Å². The normalized spacial score (nSPS) is 17.3. The molecule has 2 heterocycles. The van der Waals surface area contributed by atoms with Gasteiger partial charge in [-0.05, 0) is 76.8 Å². The maximum Gasteiger partial charge on any atom is 0.320 e. The third kappa shape index (κ3) is 14.0. The van der Waals surface area contributed by atoms with Crippen LogP contribution in [0.3, 0.4) is 0 Å². The highest BCUT2D eigenvalue weighted by atomic mass is 16.4. The van der Waals surface area contributed by atoms with Crippen molar-refractivity contribution in [1.29, 1.82) is 0 Å². The topological polar surface area (TPSA) is 195 Å². The summed E-state index contributed by atoms with van der Waals surface area (Å²) in [6.45, 7) is 2.43. The number of nitrogens with two attached hydrogens (primary N) is 4. The standard InChI is InChI=1S/C10H14N2.2C6H14N2O2/c1-12-7-3-5-10(12)9-4-2-6-11-8-9;2*7-4-2-1-3-5(8)6(9)10/h2,4,6,8,10H,3,5,7H2,1H3;2*5H,1-4,7-8H2,(H,9,10)/t;2*5-/m.00/s1. The predicted octanol–water partition coefficient (Wildman–Crippen LogP) is 0.903. The van der Waals surface area contributed by atoms with Gasteiger partial charge in [-0.15, -0.1) is 0 Å². The molecule has 0 saturated carbocycles. The van der Waals surface area contributed by atoms with Crippen LogP contribution in [-0.2, 0) is 9.59 Å². The lowest BCUT2D eigenvalue weighted by atomic mass is 10.1. The summed E-state index contributed by atoms with van der Waals surface area (Å²) >= 11 is 0. The number of pyridine rings is 1. The average Bonchev–Trinajstić information content (AvgIpc) is 3.21. The smallest absolute Gasteiger partial charge is 0.320 e. The van der Waals surface area contributed by atoms with Gasteiger partial charge in [-0.3, -0.25) is 19.5 Å². The van der Waals surface area contributed by atoms with Crippen LogP contribution in [0.4, 0.5) is 0 Å². The van der Waals surface area contributed by atoms with Gasteiger partial charge < -0.3 is 33.1 Å². The van der Waals surface area contributed by atoms with Gasteiger partial charge in [-0.25, -0.2) is 0 Å². The lowest BCUT2D eigenvalue weighted by Crippen LogP contribution is -2.29. The quantitative estimate of drug-likeness (QED) is 0.261. The van der Waals surface area contributed by atoms with Crippen LogP contribution in [0, 0.1) is 0 Å². The monoisotopic (exact) mass is 454 g/mol. The molecule has 10 heteroatoms. The van der Waals surface area contributed by atoms with Gasteiger partial charge in [0.25, 0.3) is 0 Å². The van der Waals surface area contributed by atoms with Gasteiger partial charge in [0.2, 0.25) is 0 Å². The first-order valence-electron chi connectivity index (χ1n) is 11.2. The lowest BCUT2D eigenvalue weighted by Gasteiger charge is -2.18. The van der Waals surface area contributed by atoms with Gasteiger partial charge in [-0.1, -0.05) is 18.9 Å². The second kappa shape index (κ2) is 18.5. The summed E-state index contributed by atoms with van der Waals surface area (Å²) in [6, 6.07) is 3.36. The maximum atomic E-state index is 10.1. The number of likely N-dealkylation sites (tertiary alicyclic amines) is 1. The number of rotatable bonds is 11. The molecule has 1 fully saturated rings. The van der Waals surface area contributed by atoms with Crippen molar-refractivity contribution in [3.05, 3.63) is 30.1 Å². The summed E-state index contributed by atoms with van der Waals surface area (Å²) < 4.78 is 0. The fourth-order valence-electron chi connectivity index (χ4n) is 3.17. The van der Waals surface area contributed by atoms with E-state index in [9.17, 15) is 9.59 Å². The van der Waals surface area contributed by atoms with E-state index in [-0.39, 0.29) is 0 Å². The van der Waals surface area contributed by atoms with Gasteiger partial charge in [-0.2, -0.15) is 0 Å². The van der Waals surface area contributed by atoms with Crippen LogP contribution in [0.15, 0.2) is 24.5 Å². The van der Waals surface area contributed by atoms with E-state index in [1.54, 1.807) is 0 Å². The molecule has 1 saturated heterocycles. The van der Waals surface area contributed by atoms with Crippen molar-refractivity contribution >= 4 is 11.9 Å². The molecule has 1 aliphatic rings. The molecule has 0 bridgehead atoms. The first-order valence-corrected chi connectivity index (χ1v) is 11.2. The van der Waals surface area contributed by atoms with Crippen molar-refractivity contribution in [2.24, 2.45) is 22.9 Å². The first-order chi connectivity index (χ1) is 15.2. The Morgan fingerprint density at radius 2 is 1.59 bits per heavy atom. The molecular weight excluding hydrogens is 412 g/mol. The molecule has 0 radical (unpaired) electrons. The largest absolute Gasteiger partial charge is 0.480 e. The molecule has 32 heavy (non-hydrogen) atoms. The second-order valence-electron chi connectivity index (χ2n) is 7.88. The number of carboxylic acid groups (broad SMARTS) is 2. The Hall–Kier alpha value is -2.11. The maximum absolute atomic E-state index is 10.1. The summed E-state index contributed by atoms with van der Waals surface area (Å²) in [5, 5.41) is 16.7. The van der Waals surface area contributed by atoms with Crippen molar-refractivity contribution in [3.8, 4) is 0 Å². The Balaban J connectivity index is 0.000000455. The van der Waals surface area contributed by atoms with Crippen LogP contribution < -0.4 is 22.9 Å². The van der Waals surface area contributed by atoms with E-state index in [0.717, 1.165) is 25.7 Å². The van der Waals surface area contributed by atoms with E-state index in [4.69, 9.17) is 33.1 Å². The number of unbranched alkanes of at least 4 members (excludes halogenated alkanes) is 2. The van der Waals surface area contributed by atoms with Gasteiger partial charge in [0.05, 0.1) is 0 Å². The minimum atomic E-state index is -0.933. The molecule has 3 atom stereocenters. The minimum absolute atomic E-state index is 0.520. The molecule has 1 unspecified atom stereocenters. The van der Waals surface area contributed by atoms with Crippen LogP contribution in [0.5, 0.6) is 0 Å². The van der Waals surface area contributed by atoms with E-state index >= 15 is 0 Å².